The van der Waals surface area contributed by atoms with E-state index in [1.165, 1.54) is 17.4 Å². The van der Waals surface area contributed by atoms with Crippen LogP contribution in [0.15, 0.2) is 53.7 Å². The number of aromatic nitrogens is 1. The lowest BCUT2D eigenvalue weighted by Crippen LogP contribution is -2.27. The lowest BCUT2D eigenvalue weighted by atomic mass is 10.3. The summed E-state index contributed by atoms with van der Waals surface area (Å²) < 4.78 is 26.3. The van der Waals surface area contributed by atoms with Crippen LogP contribution in [0.4, 0.5) is 5.69 Å². The minimum Gasteiger partial charge on any atom is -0.323 e. The number of sulfonamides is 1. The van der Waals surface area contributed by atoms with Crippen LogP contribution in [0.5, 0.6) is 0 Å². The maximum absolute atomic E-state index is 12.5. The molecule has 0 aliphatic heterocycles. The first kappa shape index (κ1) is 14.4. The molecule has 0 aliphatic carbocycles. The van der Waals surface area contributed by atoms with Crippen LogP contribution < -0.4 is 11.3 Å². The van der Waals surface area contributed by atoms with Crippen molar-refractivity contribution in [1.29, 1.82) is 0 Å². The third-order valence-corrected chi connectivity index (χ3v) is 4.72. The van der Waals surface area contributed by atoms with Crippen molar-refractivity contribution in [2.45, 2.75) is 11.4 Å². The van der Waals surface area contributed by atoms with Crippen molar-refractivity contribution in [1.82, 2.24) is 9.29 Å². The summed E-state index contributed by atoms with van der Waals surface area (Å²) in [7, 11) is -2.09. The number of hydrazine groups is 1. The molecule has 0 spiro atoms. The maximum atomic E-state index is 12.5. The molecule has 0 saturated heterocycles. The highest BCUT2D eigenvalue weighted by Crippen LogP contribution is 2.23. The maximum Gasteiger partial charge on any atom is 0.245 e. The molecule has 2 rings (SSSR count). The molecular formula is C13H16N4O2S. The molecule has 1 aromatic heterocycles. The molecule has 0 bridgehead atoms. The summed E-state index contributed by atoms with van der Waals surface area (Å²) in [5, 5.41) is 0. The smallest absolute Gasteiger partial charge is 0.245 e. The summed E-state index contributed by atoms with van der Waals surface area (Å²) in [5.74, 6) is 5.36. The van der Waals surface area contributed by atoms with Gasteiger partial charge in [-0.3, -0.25) is 10.8 Å². The molecular weight excluding hydrogens is 276 g/mol. The van der Waals surface area contributed by atoms with Crippen molar-refractivity contribution < 1.29 is 8.42 Å². The summed E-state index contributed by atoms with van der Waals surface area (Å²) >= 11 is 0. The van der Waals surface area contributed by atoms with Gasteiger partial charge in [-0.25, -0.2) is 8.42 Å². The zero-order valence-electron chi connectivity index (χ0n) is 11.0. The Morgan fingerprint density at radius 3 is 2.65 bits per heavy atom. The molecule has 0 amide bonds. The number of rotatable bonds is 5. The van der Waals surface area contributed by atoms with E-state index in [1.807, 2.05) is 6.07 Å². The van der Waals surface area contributed by atoms with Crippen molar-refractivity contribution in [2.75, 3.05) is 12.5 Å². The zero-order valence-corrected chi connectivity index (χ0v) is 11.8. The summed E-state index contributed by atoms with van der Waals surface area (Å²) in [4.78, 5) is 4.12. The van der Waals surface area contributed by atoms with Gasteiger partial charge in [0.1, 0.15) is 4.90 Å². The van der Waals surface area contributed by atoms with Crippen LogP contribution in [0.2, 0.25) is 0 Å². The monoisotopic (exact) mass is 292 g/mol. The molecule has 2 aromatic rings. The second kappa shape index (κ2) is 6.00. The summed E-state index contributed by atoms with van der Waals surface area (Å²) in [6.07, 6.45) is 3.28. The highest BCUT2D eigenvalue weighted by atomic mass is 32.2. The van der Waals surface area contributed by atoms with Gasteiger partial charge in [0.2, 0.25) is 10.0 Å². The van der Waals surface area contributed by atoms with Gasteiger partial charge >= 0.3 is 0 Å². The van der Waals surface area contributed by atoms with Gasteiger partial charge in [0, 0.05) is 26.0 Å². The molecule has 0 unspecified atom stereocenters. The van der Waals surface area contributed by atoms with E-state index < -0.39 is 10.0 Å². The number of nitrogens with zero attached hydrogens (tertiary/aromatic N) is 2. The van der Waals surface area contributed by atoms with Crippen molar-refractivity contribution in [2.24, 2.45) is 5.84 Å². The molecule has 0 fully saturated rings. The minimum absolute atomic E-state index is 0.147. The number of hydrogen-bond acceptors (Lipinski definition) is 5. The minimum atomic E-state index is -3.62. The number of pyridine rings is 1. The van der Waals surface area contributed by atoms with Crippen molar-refractivity contribution >= 4 is 15.7 Å². The van der Waals surface area contributed by atoms with E-state index in [1.54, 1.807) is 36.7 Å². The average Bonchev–Trinajstić information content (AvgIpc) is 2.48. The Kier molecular flexibility index (Phi) is 4.33. The van der Waals surface area contributed by atoms with Crippen LogP contribution in [0.1, 0.15) is 5.56 Å². The third kappa shape index (κ3) is 2.96. The van der Waals surface area contributed by atoms with E-state index in [0.717, 1.165) is 5.56 Å². The molecule has 0 saturated carbocycles. The van der Waals surface area contributed by atoms with Gasteiger partial charge in [0.05, 0.1) is 5.69 Å². The first-order chi connectivity index (χ1) is 9.55. The van der Waals surface area contributed by atoms with Crippen LogP contribution in [0.25, 0.3) is 0 Å². The van der Waals surface area contributed by atoms with Crippen molar-refractivity contribution in [3.05, 3.63) is 54.4 Å². The van der Waals surface area contributed by atoms with Crippen LogP contribution in [-0.2, 0) is 16.6 Å². The highest BCUT2D eigenvalue weighted by molar-refractivity contribution is 7.89. The summed E-state index contributed by atoms with van der Waals surface area (Å²) in [6.45, 7) is 0.245. The molecule has 20 heavy (non-hydrogen) atoms. The molecule has 106 valence electrons. The van der Waals surface area contributed by atoms with Gasteiger partial charge in [0.15, 0.2) is 0 Å². The number of nitrogen functional groups attached to an aromatic ring is 1. The number of anilines is 1. The van der Waals surface area contributed by atoms with E-state index in [0.29, 0.717) is 5.69 Å². The van der Waals surface area contributed by atoms with Crippen molar-refractivity contribution in [3.63, 3.8) is 0 Å². The van der Waals surface area contributed by atoms with E-state index in [9.17, 15) is 8.42 Å². The van der Waals surface area contributed by atoms with Gasteiger partial charge in [-0.2, -0.15) is 4.31 Å². The van der Waals surface area contributed by atoms with E-state index in [4.69, 9.17) is 5.84 Å². The normalized spacial score (nSPS) is 11.6. The van der Waals surface area contributed by atoms with Crippen LogP contribution in [0.3, 0.4) is 0 Å². The van der Waals surface area contributed by atoms with E-state index in [-0.39, 0.29) is 11.4 Å². The molecule has 7 heteroatoms. The van der Waals surface area contributed by atoms with Gasteiger partial charge in [-0.05, 0) is 23.8 Å². The van der Waals surface area contributed by atoms with Gasteiger partial charge in [-0.15, -0.1) is 0 Å². The lowest BCUT2D eigenvalue weighted by molar-refractivity contribution is 0.466. The molecule has 6 nitrogen and oxygen atoms in total. The Morgan fingerprint density at radius 2 is 2.00 bits per heavy atom. The quantitative estimate of drug-likeness (QED) is 0.638. The van der Waals surface area contributed by atoms with E-state index >= 15 is 0 Å². The topological polar surface area (TPSA) is 88.3 Å². The fourth-order valence-electron chi connectivity index (χ4n) is 1.81. The fraction of sp³-hybridized carbons (Fsp3) is 0.154. The number of benzene rings is 1. The standard InChI is InChI=1S/C13H16N4O2S/c1-17(10-11-5-4-8-15-9-11)20(18,19)13-7-3-2-6-12(13)16-14/h2-9,16H,10,14H2,1H3. The second-order valence-electron chi connectivity index (χ2n) is 4.26. The van der Waals surface area contributed by atoms with Gasteiger partial charge in [-0.1, -0.05) is 18.2 Å². The predicted octanol–water partition coefficient (Wildman–Crippen LogP) is 1.19. The summed E-state index contributed by atoms with van der Waals surface area (Å²) in [5.41, 5.74) is 3.58. The zero-order chi connectivity index (χ0) is 14.6. The number of nitrogens with one attached hydrogen (secondary N) is 1. The number of nitrogens with two attached hydrogens (primary N) is 1. The summed E-state index contributed by atoms with van der Waals surface area (Å²) in [6, 6.07) is 10.1. The largest absolute Gasteiger partial charge is 0.323 e. The lowest BCUT2D eigenvalue weighted by Gasteiger charge is -2.19. The van der Waals surface area contributed by atoms with Crippen LogP contribution in [0, 0.1) is 0 Å². The molecule has 0 aliphatic rings. The van der Waals surface area contributed by atoms with Gasteiger partial charge in [0.25, 0.3) is 0 Å². The number of hydrogen-bond donors (Lipinski definition) is 2. The van der Waals surface area contributed by atoms with E-state index in [2.05, 4.69) is 10.4 Å². The van der Waals surface area contributed by atoms with Crippen LogP contribution in [-0.4, -0.2) is 24.8 Å². The SMILES string of the molecule is CN(Cc1cccnc1)S(=O)(=O)c1ccccc1NN. The second-order valence-corrected chi connectivity index (χ2v) is 6.28. The Hall–Kier alpha value is -1.96. The Bertz CT molecular complexity index is 674. The van der Waals surface area contributed by atoms with Crippen LogP contribution >= 0.6 is 0 Å². The van der Waals surface area contributed by atoms with Gasteiger partial charge < -0.3 is 5.43 Å². The third-order valence-electron chi connectivity index (χ3n) is 2.86. The first-order valence-corrected chi connectivity index (χ1v) is 7.40. The predicted molar refractivity (Wildman–Crippen MR) is 77.1 cm³/mol. The molecule has 1 aromatic carbocycles. The molecule has 0 atom stereocenters. The highest BCUT2D eigenvalue weighted by Gasteiger charge is 2.23. The Labute approximate surface area is 118 Å². The molecule has 1 heterocycles. The molecule has 3 N–H and O–H groups in total. The Morgan fingerprint density at radius 1 is 1.25 bits per heavy atom. The number of para-hydroxylation sites is 1. The Balaban J connectivity index is 2.30. The average molecular weight is 292 g/mol. The fourth-order valence-corrected chi connectivity index (χ4v) is 3.12. The van der Waals surface area contributed by atoms with Crippen molar-refractivity contribution in [3.8, 4) is 0 Å². The first-order valence-electron chi connectivity index (χ1n) is 5.96. The molecule has 0 radical (unpaired) electrons.